The first kappa shape index (κ1) is 18.6. The fourth-order valence-electron chi connectivity index (χ4n) is 3.12. The molecule has 0 amide bonds. The summed E-state index contributed by atoms with van der Waals surface area (Å²) in [4.78, 5) is 5.35. The Balaban J connectivity index is 1.77. The minimum atomic E-state index is -3.32. The Morgan fingerprint density at radius 1 is 1.27 bits per heavy atom. The van der Waals surface area contributed by atoms with Gasteiger partial charge in [-0.2, -0.15) is 0 Å². The number of hydrogen-bond donors (Lipinski definition) is 2. The molecule has 0 fully saturated rings. The summed E-state index contributed by atoms with van der Waals surface area (Å²) in [5, 5.41) is 0. The molecule has 1 aromatic carbocycles. The molecule has 2 N–H and O–H groups in total. The number of sulfonamides is 1. The minimum Gasteiger partial charge on any atom is -0.490 e. The van der Waals surface area contributed by atoms with Gasteiger partial charge >= 0.3 is 0 Å². The van der Waals surface area contributed by atoms with Crippen molar-refractivity contribution in [3.8, 4) is 5.75 Å². The highest BCUT2D eigenvalue weighted by Gasteiger charge is 2.20. The van der Waals surface area contributed by atoms with E-state index in [0.717, 1.165) is 37.4 Å². The lowest BCUT2D eigenvalue weighted by atomic mass is 10.1. The number of nitrogens with one attached hydrogen (secondary N) is 2. The van der Waals surface area contributed by atoms with Crippen LogP contribution in [0.3, 0.4) is 0 Å². The average molecular weight is 378 g/mol. The van der Waals surface area contributed by atoms with Crippen LogP contribution in [-0.4, -0.2) is 32.3 Å². The number of nitrogens with zero attached hydrogens (tertiary/aromatic N) is 1. The lowest BCUT2D eigenvalue weighted by molar-refractivity contribution is 0.307. The second-order valence-corrected chi connectivity index (χ2v) is 8.59. The molecule has 1 aliphatic heterocycles. The highest BCUT2D eigenvalue weighted by molar-refractivity contribution is 7.92. The molecule has 1 aromatic heterocycles. The van der Waals surface area contributed by atoms with Crippen LogP contribution in [0.15, 0.2) is 30.6 Å². The summed E-state index contributed by atoms with van der Waals surface area (Å²) in [6.07, 6.45) is 6.59. The smallest absolute Gasteiger partial charge is 0.232 e. The van der Waals surface area contributed by atoms with E-state index in [4.69, 9.17) is 4.74 Å². The molecule has 142 valence electrons. The SMILES string of the molecule is CCCCCS(=O)(=O)Nc1ccc2c(c1)N(Cc1c[nH]cc1C)CCO2. The van der Waals surface area contributed by atoms with Gasteiger partial charge in [-0.05, 0) is 42.7 Å². The molecule has 3 rings (SSSR count). The molecule has 0 unspecified atom stereocenters. The Bertz CT molecular complexity index is 845. The Morgan fingerprint density at radius 2 is 2.12 bits per heavy atom. The van der Waals surface area contributed by atoms with Crippen LogP contribution in [0.5, 0.6) is 5.75 Å². The highest BCUT2D eigenvalue weighted by Crippen LogP contribution is 2.35. The van der Waals surface area contributed by atoms with E-state index in [2.05, 4.69) is 28.5 Å². The number of aryl methyl sites for hydroxylation is 1. The van der Waals surface area contributed by atoms with E-state index >= 15 is 0 Å². The predicted octanol–water partition coefficient (Wildman–Crippen LogP) is 3.65. The summed E-state index contributed by atoms with van der Waals surface area (Å²) in [5.74, 6) is 0.944. The Hall–Kier alpha value is -2.15. The van der Waals surface area contributed by atoms with Crippen molar-refractivity contribution >= 4 is 21.4 Å². The van der Waals surface area contributed by atoms with Crippen LogP contribution >= 0.6 is 0 Å². The molecule has 2 heterocycles. The van der Waals surface area contributed by atoms with Gasteiger partial charge in [0.25, 0.3) is 0 Å². The number of benzene rings is 1. The van der Waals surface area contributed by atoms with Gasteiger partial charge in [0.2, 0.25) is 10.0 Å². The molecule has 0 saturated heterocycles. The zero-order valence-electron chi connectivity index (χ0n) is 15.4. The van der Waals surface area contributed by atoms with E-state index in [-0.39, 0.29) is 5.75 Å². The maximum absolute atomic E-state index is 12.3. The van der Waals surface area contributed by atoms with E-state index in [9.17, 15) is 8.42 Å². The molecule has 6 nitrogen and oxygen atoms in total. The molecule has 1 aliphatic rings. The van der Waals surface area contributed by atoms with E-state index in [1.807, 2.05) is 24.5 Å². The Labute approximate surface area is 155 Å². The number of unbranched alkanes of at least 4 members (excludes halogenated alkanes) is 2. The number of aromatic amines is 1. The third-order valence-corrected chi connectivity index (χ3v) is 6.01. The summed E-state index contributed by atoms with van der Waals surface area (Å²) < 4.78 is 33.0. The van der Waals surface area contributed by atoms with E-state index in [1.54, 1.807) is 6.07 Å². The molecule has 0 atom stereocenters. The maximum Gasteiger partial charge on any atom is 0.232 e. The summed E-state index contributed by atoms with van der Waals surface area (Å²) in [5.41, 5.74) is 3.95. The lowest BCUT2D eigenvalue weighted by Crippen LogP contribution is -2.32. The molecular weight excluding hydrogens is 350 g/mol. The van der Waals surface area contributed by atoms with Gasteiger partial charge < -0.3 is 14.6 Å². The van der Waals surface area contributed by atoms with Crippen molar-refractivity contribution < 1.29 is 13.2 Å². The van der Waals surface area contributed by atoms with Crippen LogP contribution in [-0.2, 0) is 16.6 Å². The molecule has 2 aromatic rings. The van der Waals surface area contributed by atoms with Crippen LogP contribution in [0.1, 0.15) is 37.3 Å². The van der Waals surface area contributed by atoms with Crippen molar-refractivity contribution in [3.05, 3.63) is 41.7 Å². The number of ether oxygens (including phenoxy) is 1. The second kappa shape index (κ2) is 8.03. The fraction of sp³-hybridized carbons (Fsp3) is 0.474. The van der Waals surface area contributed by atoms with Gasteiger partial charge in [-0.3, -0.25) is 4.72 Å². The lowest BCUT2D eigenvalue weighted by Gasteiger charge is -2.31. The third-order valence-electron chi connectivity index (χ3n) is 4.63. The number of aromatic nitrogens is 1. The zero-order chi connectivity index (χ0) is 18.6. The second-order valence-electron chi connectivity index (χ2n) is 6.74. The van der Waals surface area contributed by atoms with Crippen LogP contribution in [0.4, 0.5) is 11.4 Å². The average Bonchev–Trinajstić information content (AvgIpc) is 3.00. The first-order chi connectivity index (χ1) is 12.5. The van der Waals surface area contributed by atoms with Crippen molar-refractivity contribution in [3.63, 3.8) is 0 Å². The summed E-state index contributed by atoms with van der Waals surface area (Å²) in [6.45, 7) is 6.29. The van der Waals surface area contributed by atoms with Gasteiger partial charge in [-0.15, -0.1) is 0 Å². The van der Waals surface area contributed by atoms with Crippen molar-refractivity contribution in [2.45, 2.75) is 39.7 Å². The molecule has 0 aliphatic carbocycles. The fourth-order valence-corrected chi connectivity index (χ4v) is 4.30. The van der Waals surface area contributed by atoms with E-state index < -0.39 is 10.0 Å². The molecular formula is C19H27N3O3S. The standard InChI is InChI=1S/C19H27N3O3S/c1-3-4-5-10-26(23,24)21-17-6-7-19-18(11-17)22(8-9-25-19)14-16-13-20-12-15(16)2/h6-7,11-13,20-21H,3-5,8-10,14H2,1-2H3. The summed E-state index contributed by atoms with van der Waals surface area (Å²) >= 11 is 0. The zero-order valence-corrected chi connectivity index (χ0v) is 16.2. The highest BCUT2D eigenvalue weighted by atomic mass is 32.2. The first-order valence-corrected chi connectivity index (χ1v) is 10.8. The molecule has 0 bridgehead atoms. The topological polar surface area (TPSA) is 74.4 Å². The van der Waals surface area contributed by atoms with Crippen molar-refractivity contribution in [2.24, 2.45) is 0 Å². The van der Waals surface area contributed by atoms with Gasteiger partial charge in [0.15, 0.2) is 0 Å². The van der Waals surface area contributed by atoms with Crippen LogP contribution in [0.2, 0.25) is 0 Å². The number of hydrogen-bond acceptors (Lipinski definition) is 4. The number of anilines is 2. The summed E-state index contributed by atoms with van der Waals surface area (Å²) in [6, 6.07) is 5.48. The van der Waals surface area contributed by atoms with Gasteiger partial charge in [-0.25, -0.2) is 8.42 Å². The Morgan fingerprint density at radius 3 is 2.85 bits per heavy atom. The molecule has 7 heteroatoms. The molecule has 0 radical (unpaired) electrons. The van der Waals surface area contributed by atoms with Crippen molar-refractivity contribution in [1.29, 1.82) is 0 Å². The molecule has 0 saturated carbocycles. The third kappa shape index (κ3) is 4.52. The van der Waals surface area contributed by atoms with Crippen LogP contribution < -0.4 is 14.4 Å². The van der Waals surface area contributed by atoms with Crippen molar-refractivity contribution in [1.82, 2.24) is 4.98 Å². The molecule has 0 spiro atoms. The number of rotatable bonds is 8. The summed E-state index contributed by atoms with van der Waals surface area (Å²) in [7, 11) is -3.32. The monoisotopic (exact) mass is 377 g/mol. The normalized spacial score (nSPS) is 14.0. The first-order valence-electron chi connectivity index (χ1n) is 9.13. The Kier molecular flexibility index (Phi) is 5.76. The maximum atomic E-state index is 12.3. The molecule has 26 heavy (non-hydrogen) atoms. The van der Waals surface area contributed by atoms with Gasteiger partial charge in [0.1, 0.15) is 12.4 Å². The predicted molar refractivity (Wildman–Crippen MR) is 105 cm³/mol. The number of H-pyrrole nitrogens is 1. The van der Waals surface area contributed by atoms with Gasteiger partial charge in [0, 0.05) is 18.9 Å². The minimum absolute atomic E-state index is 0.153. The van der Waals surface area contributed by atoms with Crippen LogP contribution in [0.25, 0.3) is 0 Å². The van der Waals surface area contributed by atoms with Crippen molar-refractivity contribution in [2.75, 3.05) is 28.5 Å². The van der Waals surface area contributed by atoms with E-state index in [0.29, 0.717) is 18.7 Å². The van der Waals surface area contributed by atoms with E-state index in [1.165, 1.54) is 11.1 Å². The number of fused-ring (bicyclic) bond motifs is 1. The van der Waals surface area contributed by atoms with Gasteiger partial charge in [-0.1, -0.05) is 19.8 Å². The van der Waals surface area contributed by atoms with Gasteiger partial charge in [0.05, 0.1) is 23.7 Å². The largest absolute Gasteiger partial charge is 0.490 e. The van der Waals surface area contributed by atoms with Crippen LogP contribution in [0, 0.1) is 6.92 Å². The quantitative estimate of drug-likeness (QED) is 0.689.